The second-order valence-corrected chi connectivity index (χ2v) is 4.61. The van der Waals surface area contributed by atoms with Crippen molar-refractivity contribution in [3.05, 3.63) is 35.9 Å². The molecule has 0 aromatic heterocycles. The average Bonchev–Trinajstić information content (AvgIpc) is 2.14. The van der Waals surface area contributed by atoms with E-state index in [2.05, 4.69) is 4.18 Å². The summed E-state index contributed by atoms with van der Waals surface area (Å²) >= 11 is 0. The van der Waals surface area contributed by atoms with Crippen molar-refractivity contribution in [2.24, 2.45) is 0 Å². The largest absolute Gasteiger partial charge is 0.397 e. The van der Waals surface area contributed by atoms with E-state index < -0.39 is 10.4 Å². The second kappa shape index (κ2) is 7.34. The Kier molecular flexibility index (Phi) is 6.91. The van der Waals surface area contributed by atoms with Gasteiger partial charge in [-0.25, -0.2) is 4.18 Å². The van der Waals surface area contributed by atoms with Crippen LogP contribution >= 0.6 is 0 Å². The minimum absolute atomic E-state index is 0.139. The lowest BCUT2D eigenvalue weighted by Gasteiger charge is -1.98. The Balaban J connectivity index is 0.000000487. The first-order valence-corrected chi connectivity index (χ1v) is 5.94. The predicted molar refractivity (Wildman–Crippen MR) is 62.4 cm³/mol. The van der Waals surface area contributed by atoms with Crippen LogP contribution in [0.2, 0.25) is 0 Å². The monoisotopic (exact) mass is 247 g/mol. The van der Waals surface area contributed by atoms with Gasteiger partial charge in [-0.2, -0.15) is 8.42 Å². The van der Waals surface area contributed by atoms with E-state index in [1.54, 1.807) is 30.3 Å². The molecule has 1 aromatic carbocycles. The van der Waals surface area contributed by atoms with Gasteiger partial charge in [0.25, 0.3) is 0 Å². The zero-order chi connectivity index (χ0) is 12.6. The lowest BCUT2D eigenvalue weighted by Crippen LogP contribution is -2.03. The Morgan fingerprint density at radius 2 is 1.62 bits per heavy atom. The van der Waals surface area contributed by atoms with E-state index in [1.165, 1.54) is 0 Å². The molecule has 0 saturated heterocycles. The van der Waals surface area contributed by atoms with E-state index in [4.69, 9.17) is 4.55 Å². The van der Waals surface area contributed by atoms with Gasteiger partial charge < -0.3 is 4.90 Å². The third kappa shape index (κ3) is 11.1. The lowest BCUT2D eigenvalue weighted by atomic mass is 10.2. The first kappa shape index (κ1) is 15.0. The van der Waals surface area contributed by atoms with E-state index in [0.29, 0.717) is 5.56 Å². The summed E-state index contributed by atoms with van der Waals surface area (Å²) in [6.07, 6.45) is 0. The second-order valence-electron chi connectivity index (χ2n) is 3.52. The zero-order valence-corrected chi connectivity index (χ0v) is 10.4. The highest BCUT2D eigenvalue weighted by atomic mass is 32.3. The van der Waals surface area contributed by atoms with Gasteiger partial charge in [0.15, 0.2) is 0 Å². The molecule has 1 N–H and O–H groups in total. The van der Waals surface area contributed by atoms with Gasteiger partial charge in [-0.05, 0) is 26.7 Å². The molecule has 0 aliphatic heterocycles. The van der Waals surface area contributed by atoms with E-state index in [9.17, 15) is 8.42 Å². The van der Waals surface area contributed by atoms with Gasteiger partial charge in [0.1, 0.15) is 0 Å². The molecule has 6 heteroatoms. The molecule has 0 aliphatic carbocycles. The van der Waals surface area contributed by atoms with E-state index in [1.807, 2.05) is 26.0 Å². The lowest BCUT2D eigenvalue weighted by molar-refractivity contribution is 0.259. The number of benzene rings is 1. The van der Waals surface area contributed by atoms with Crippen LogP contribution in [0.15, 0.2) is 30.3 Å². The summed E-state index contributed by atoms with van der Waals surface area (Å²) in [4.78, 5) is 2.00. The van der Waals surface area contributed by atoms with Gasteiger partial charge in [-0.1, -0.05) is 30.3 Å². The molecule has 1 aromatic rings. The fraction of sp³-hybridized carbons (Fsp3) is 0.400. The predicted octanol–water partition coefficient (Wildman–Crippen LogP) is 1.18. The molecular weight excluding hydrogens is 230 g/mol. The average molecular weight is 247 g/mol. The third-order valence-corrected chi connectivity index (χ3v) is 1.63. The molecule has 5 nitrogen and oxygen atoms in total. The van der Waals surface area contributed by atoms with Crippen LogP contribution in [0.3, 0.4) is 0 Å². The van der Waals surface area contributed by atoms with E-state index in [-0.39, 0.29) is 6.61 Å². The number of hydrogen-bond acceptors (Lipinski definition) is 4. The summed E-state index contributed by atoms with van der Waals surface area (Å²) in [6, 6.07) is 8.71. The van der Waals surface area contributed by atoms with Crippen molar-refractivity contribution in [3.8, 4) is 0 Å². The van der Waals surface area contributed by atoms with Crippen molar-refractivity contribution in [2.45, 2.75) is 6.61 Å². The molecule has 0 bridgehead atoms. The van der Waals surface area contributed by atoms with Crippen LogP contribution in [-0.4, -0.2) is 39.0 Å². The van der Waals surface area contributed by atoms with Crippen molar-refractivity contribution in [2.75, 3.05) is 21.1 Å². The molecule has 0 fully saturated rings. The Hall–Kier alpha value is -0.950. The zero-order valence-electron chi connectivity index (χ0n) is 9.62. The van der Waals surface area contributed by atoms with Gasteiger partial charge in [-0.15, -0.1) is 0 Å². The fourth-order valence-electron chi connectivity index (χ4n) is 0.717. The van der Waals surface area contributed by atoms with Gasteiger partial charge in [0, 0.05) is 0 Å². The fourth-order valence-corrected chi connectivity index (χ4v) is 1.00. The SMILES string of the molecule is CN(C)C.O=S(=O)(O)OCc1ccccc1. The molecule has 0 heterocycles. The van der Waals surface area contributed by atoms with Crippen LogP contribution in [0.5, 0.6) is 0 Å². The normalized spacial score (nSPS) is 10.8. The Labute approximate surface area is 96.6 Å². The maximum atomic E-state index is 10.1. The molecule has 16 heavy (non-hydrogen) atoms. The summed E-state index contributed by atoms with van der Waals surface area (Å²) in [5, 5.41) is 0. The highest BCUT2D eigenvalue weighted by molar-refractivity contribution is 7.80. The summed E-state index contributed by atoms with van der Waals surface area (Å²) < 4.78 is 32.6. The maximum absolute atomic E-state index is 10.1. The van der Waals surface area contributed by atoms with Crippen LogP contribution in [-0.2, 0) is 21.2 Å². The molecular formula is C10H17NO4S. The minimum Gasteiger partial charge on any atom is -0.312 e. The van der Waals surface area contributed by atoms with Crippen molar-refractivity contribution in [1.29, 1.82) is 0 Å². The topological polar surface area (TPSA) is 66.8 Å². The van der Waals surface area contributed by atoms with Crippen LogP contribution in [0, 0.1) is 0 Å². The first-order chi connectivity index (χ1) is 7.31. The summed E-state index contributed by atoms with van der Waals surface area (Å²) in [5.41, 5.74) is 0.690. The molecule has 0 unspecified atom stereocenters. The van der Waals surface area contributed by atoms with Crippen LogP contribution in [0.4, 0.5) is 0 Å². The van der Waals surface area contributed by atoms with E-state index in [0.717, 1.165) is 0 Å². The van der Waals surface area contributed by atoms with E-state index >= 15 is 0 Å². The minimum atomic E-state index is -4.32. The molecule has 1 rings (SSSR count). The molecule has 0 radical (unpaired) electrons. The quantitative estimate of drug-likeness (QED) is 0.812. The van der Waals surface area contributed by atoms with Crippen molar-refractivity contribution < 1.29 is 17.2 Å². The van der Waals surface area contributed by atoms with Gasteiger partial charge in [0.05, 0.1) is 6.61 Å². The van der Waals surface area contributed by atoms with Gasteiger partial charge in [-0.3, -0.25) is 4.55 Å². The molecule has 0 amide bonds. The van der Waals surface area contributed by atoms with Crippen LogP contribution in [0.25, 0.3) is 0 Å². The Morgan fingerprint density at radius 1 is 1.19 bits per heavy atom. The molecule has 0 saturated carbocycles. The van der Waals surface area contributed by atoms with Gasteiger partial charge in [0.2, 0.25) is 0 Å². The van der Waals surface area contributed by atoms with Crippen LogP contribution in [0.1, 0.15) is 5.56 Å². The third-order valence-electron chi connectivity index (χ3n) is 1.22. The van der Waals surface area contributed by atoms with Crippen molar-refractivity contribution in [1.82, 2.24) is 4.90 Å². The van der Waals surface area contributed by atoms with Crippen molar-refractivity contribution in [3.63, 3.8) is 0 Å². The Bertz CT molecular complexity index is 372. The summed E-state index contributed by atoms with van der Waals surface area (Å²) in [7, 11) is 1.68. The summed E-state index contributed by atoms with van der Waals surface area (Å²) in [6.45, 7) is -0.139. The van der Waals surface area contributed by atoms with Crippen molar-refractivity contribution >= 4 is 10.4 Å². The number of rotatable bonds is 3. The number of hydrogen-bond donors (Lipinski definition) is 1. The highest BCUT2D eigenvalue weighted by Gasteiger charge is 2.03. The Morgan fingerprint density at radius 3 is 2.00 bits per heavy atom. The molecule has 92 valence electrons. The maximum Gasteiger partial charge on any atom is 0.397 e. The standard InChI is InChI=1S/C7H8O4S.C3H9N/c8-12(9,10)11-6-7-4-2-1-3-5-7;1-4(2)3/h1-5H,6H2,(H,8,9,10);1-3H3. The van der Waals surface area contributed by atoms with Crippen LogP contribution < -0.4 is 0 Å². The molecule has 0 aliphatic rings. The summed E-state index contributed by atoms with van der Waals surface area (Å²) in [5.74, 6) is 0. The molecule has 0 spiro atoms. The highest BCUT2D eigenvalue weighted by Crippen LogP contribution is 2.01. The first-order valence-electron chi connectivity index (χ1n) is 4.58. The van der Waals surface area contributed by atoms with Gasteiger partial charge >= 0.3 is 10.4 Å². The molecule has 0 atom stereocenters. The smallest absolute Gasteiger partial charge is 0.312 e. The number of nitrogens with zero attached hydrogens (tertiary/aromatic N) is 1.